The number of hydrogen-bond donors (Lipinski definition) is 2. The van der Waals surface area contributed by atoms with Gasteiger partial charge in [-0.1, -0.05) is 13.8 Å². The van der Waals surface area contributed by atoms with Gasteiger partial charge in [0.15, 0.2) is 0 Å². The third-order valence-electron chi connectivity index (χ3n) is 4.35. The second-order valence-corrected chi connectivity index (χ2v) is 5.39. The van der Waals surface area contributed by atoms with Gasteiger partial charge in [0.2, 0.25) is 0 Å². The van der Waals surface area contributed by atoms with E-state index in [1.165, 1.54) is 19.3 Å². The smallest absolute Gasteiger partial charge is 0.0589 e. The maximum atomic E-state index is 6.01. The highest BCUT2D eigenvalue weighted by Crippen LogP contribution is 2.29. The minimum Gasteiger partial charge on any atom is -0.381 e. The van der Waals surface area contributed by atoms with Gasteiger partial charge in [-0.15, -0.1) is 0 Å². The average molecular weight is 257 g/mol. The molecule has 0 aliphatic heterocycles. The van der Waals surface area contributed by atoms with Crippen LogP contribution >= 0.6 is 0 Å². The summed E-state index contributed by atoms with van der Waals surface area (Å²) in [4.78, 5) is 2.44. The van der Waals surface area contributed by atoms with E-state index in [1.54, 1.807) is 0 Å². The van der Waals surface area contributed by atoms with Gasteiger partial charge >= 0.3 is 0 Å². The van der Waals surface area contributed by atoms with E-state index in [1.807, 2.05) is 7.11 Å². The van der Waals surface area contributed by atoms with Crippen LogP contribution < -0.4 is 11.1 Å². The molecule has 0 amide bonds. The fraction of sp³-hybridized carbons (Fsp3) is 1.00. The van der Waals surface area contributed by atoms with Crippen LogP contribution in [0.2, 0.25) is 0 Å². The lowest BCUT2D eigenvalue weighted by Crippen LogP contribution is -2.56. The molecular weight excluding hydrogens is 226 g/mol. The monoisotopic (exact) mass is 257 g/mol. The third-order valence-corrected chi connectivity index (χ3v) is 4.35. The SMILES string of the molecule is CCN(CC)CCNC1(CN)CCCC(OC)C1. The van der Waals surface area contributed by atoms with Crippen LogP contribution in [0.25, 0.3) is 0 Å². The van der Waals surface area contributed by atoms with E-state index in [0.29, 0.717) is 12.6 Å². The van der Waals surface area contributed by atoms with Crippen molar-refractivity contribution >= 4 is 0 Å². The van der Waals surface area contributed by atoms with Crippen LogP contribution in [0.4, 0.5) is 0 Å². The lowest BCUT2D eigenvalue weighted by Gasteiger charge is -2.41. The van der Waals surface area contributed by atoms with E-state index < -0.39 is 0 Å². The second kappa shape index (κ2) is 8.10. The molecule has 1 rings (SSSR count). The van der Waals surface area contributed by atoms with E-state index in [-0.39, 0.29) is 5.54 Å². The van der Waals surface area contributed by atoms with Crippen molar-refractivity contribution in [3.05, 3.63) is 0 Å². The van der Waals surface area contributed by atoms with Crippen LogP contribution in [0.15, 0.2) is 0 Å². The molecule has 0 aromatic carbocycles. The zero-order valence-corrected chi connectivity index (χ0v) is 12.4. The van der Waals surface area contributed by atoms with E-state index >= 15 is 0 Å². The Balaban J connectivity index is 2.40. The maximum absolute atomic E-state index is 6.01. The Hall–Kier alpha value is -0.160. The summed E-state index contributed by atoms with van der Waals surface area (Å²) < 4.78 is 5.51. The first kappa shape index (κ1) is 15.9. The summed E-state index contributed by atoms with van der Waals surface area (Å²) in [6.45, 7) is 9.50. The van der Waals surface area contributed by atoms with E-state index in [4.69, 9.17) is 10.5 Å². The van der Waals surface area contributed by atoms with Crippen molar-refractivity contribution in [2.75, 3.05) is 39.8 Å². The molecule has 0 bridgehead atoms. The van der Waals surface area contributed by atoms with Crippen molar-refractivity contribution in [3.63, 3.8) is 0 Å². The molecule has 0 radical (unpaired) electrons. The molecular formula is C14H31N3O. The van der Waals surface area contributed by atoms with Gasteiger partial charge in [0.1, 0.15) is 0 Å². The molecule has 0 spiro atoms. The van der Waals surface area contributed by atoms with Crippen LogP contribution in [0.5, 0.6) is 0 Å². The van der Waals surface area contributed by atoms with Gasteiger partial charge in [0.25, 0.3) is 0 Å². The molecule has 1 aliphatic carbocycles. The number of ether oxygens (including phenoxy) is 1. The van der Waals surface area contributed by atoms with Crippen LogP contribution in [-0.4, -0.2) is 56.4 Å². The molecule has 18 heavy (non-hydrogen) atoms. The van der Waals surface area contributed by atoms with Crippen LogP contribution in [-0.2, 0) is 4.74 Å². The van der Waals surface area contributed by atoms with Crippen LogP contribution in [0.3, 0.4) is 0 Å². The van der Waals surface area contributed by atoms with E-state index in [9.17, 15) is 0 Å². The molecule has 2 atom stereocenters. The maximum Gasteiger partial charge on any atom is 0.0589 e. The lowest BCUT2D eigenvalue weighted by atomic mass is 9.80. The van der Waals surface area contributed by atoms with Crippen LogP contribution in [0.1, 0.15) is 39.5 Å². The van der Waals surface area contributed by atoms with Crippen LogP contribution in [0, 0.1) is 0 Å². The molecule has 4 heteroatoms. The third kappa shape index (κ3) is 4.50. The number of nitrogens with zero attached hydrogens (tertiary/aromatic N) is 1. The molecule has 1 aliphatic rings. The fourth-order valence-corrected chi connectivity index (χ4v) is 2.95. The molecule has 2 unspecified atom stereocenters. The Morgan fingerprint density at radius 3 is 2.67 bits per heavy atom. The largest absolute Gasteiger partial charge is 0.381 e. The Labute approximate surface area is 112 Å². The molecule has 0 aromatic heterocycles. The van der Waals surface area contributed by atoms with E-state index in [2.05, 4.69) is 24.1 Å². The zero-order chi connectivity index (χ0) is 13.4. The normalized spacial score (nSPS) is 28.8. The summed E-state index contributed by atoms with van der Waals surface area (Å²) in [6, 6.07) is 0. The number of nitrogens with two attached hydrogens (primary N) is 1. The molecule has 1 fully saturated rings. The highest BCUT2D eigenvalue weighted by atomic mass is 16.5. The Bertz CT molecular complexity index is 221. The highest BCUT2D eigenvalue weighted by molar-refractivity contribution is 4.95. The summed E-state index contributed by atoms with van der Waals surface area (Å²) in [7, 11) is 1.81. The predicted octanol–water partition coefficient (Wildman–Crippen LogP) is 1.20. The number of hydrogen-bond acceptors (Lipinski definition) is 4. The minimum atomic E-state index is 0.103. The van der Waals surface area contributed by atoms with E-state index in [0.717, 1.165) is 32.6 Å². The number of rotatable bonds is 8. The Morgan fingerprint density at radius 2 is 2.11 bits per heavy atom. The summed E-state index contributed by atoms with van der Waals surface area (Å²) >= 11 is 0. The summed E-state index contributed by atoms with van der Waals surface area (Å²) in [6.07, 6.45) is 5.01. The Kier molecular flexibility index (Phi) is 7.15. The number of nitrogens with one attached hydrogen (secondary N) is 1. The first-order chi connectivity index (χ1) is 8.69. The van der Waals surface area contributed by atoms with Crippen molar-refractivity contribution < 1.29 is 4.74 Å². The molecule has 3 N–H and O–H groups in total. The molecule has 108 valence electrons. The molecule has 0 saturated heterocycles. The first-order valence-electron chi connectivity index (χ1n) is 7.40. The van der Waals surface area contributed by atoms with Crippen molar-refractivity contribution in [2.45, 2.75) is 51.2 Å². The fourth-order valence-electron chi connectivity index (χ4n) is 2.95. The first-order valence-corrected chi connectivity index (χ1v) is 7.40. The molecule has 4 nitrogen and oxygen atoms in total. The van der Waals surface area contributed by atoms with Crippen molar-refractivity contribution in [3.8, 4) is 0 Å². The van der Waals surface area contributed by atoms with Crippen molar-refractivity contribution in [1.82, 2.24) is 10.2 Å². The average Bonchev–Trinajstić information content (AvgIpc) is 2.44. The quantitative estimate of drug-likeness (QED) is 0.686. The van der Waals surface area contributed by atoms with Gasteiger partial charge in [0, 0.05) is 32.3 Å². The highest BCUT2D eigenvalue weighted by Gasteiger charge is 2.34. The van der Waals surface area contributed by atoms with Gasteiger partial charge in [-0.3, -0.25) is 0 Å². The lowest BCUT2D eigenvalue weighted by molar-refractivity contribution is 0.0323. The molecule has 0 aromatic rings. The minimum absolute atomic E-state index is 0.103. The van der Waals surface area contributed by atoms with Crippen molar-refractivity contribution in [2.24, 2.45) is 5.73 Å². The standard InChI is InChI=1S/C14H31N3O/c1-4-17(5-2)10-9-16-14(12-15)8-6-7-13(11-14)18-3/h13,16H,4-12,15H2,1-3H3. The van der Waals surface area contributed by atoms with Gasteiger partial charge in [-0.2, -0.15) is 0 Å². The predicted molar refractivity (Wildman–Crippen MR) is 76.8 cm³/mol. The number of methoxy groups -OCH3 is 1. The Morgan fingerprint density at radius 1 is 1.39 bits per heavy atom. The van der Waals surface area contributed by atoms with Gasteiger partial charge in [-0.05, 0) is 38.8 Å². The molecule has 0 heterocycles. The second-order valence-electron chi connectivity index (χ2n) is 5.39. The summed E-state index contributed by atoms with van der Waals surface area (Å²) in [5, 5.41) is 3.70. The zero-order valence-electron chi connectivity index (χ0n) is 12.4. The van der Waals surface area contributed by atoms with Gasteiger partial charge < -0.3 is 20.7 Å². The summed E-state index contributed by atoms with van der Waals surface area (Å²) in [5.41, 5.74) is 6.11. The topological polar surface area (TPSA) is 50.5 Å². The van der Waals surface area contributed by atoms with Crippen molar-refractivity contribution in [1.29, 1.82) is 0 Å². The van der Waals surface area contributed by atoms with Gasteiger partial charge in [-0.25, -0.2) is 0 Å². The number of likely N-dealkylation sites (N-methyl/N-ethyl adjacent to an activating group) is 1. The molecule has 1 saturated carbocycles. The van der Waals surface area contributed by atoms with Gasteiger partial charge in [0.05, 0.1) is 6.10 Å². The summed E-state index contributed by atoms with van der Waals surface area (Å²) in [5.74, 6) is 0.